The van der Waals surface area contributed by atoms with E-state index in [1.807, 2.05) is 75.4 Å². The first-order chi connectivity index (χ1) is 11.4. The smallest absolute Gasteiger partial charge is 0.418 e. The lowest BCUT2D eigenvalue weighted by Gasteiger charge is -2.19. The van der Waals surface area contributed by atoms with Gasteiger partial charge in [0.2, 0.25) is 0 Å². The zero-order valence-corrected chi connectivity index (χ0v) is 14.2. The molecule has 2 aromatic carbocycles. The standard InChI is InChI=1S/C20H21NO3/c1-20(2,3)24-19(22)21-12-11-16-13-17(9-10-18(16)21)23-14-15-7-5-4-6-8-15/h4-13H,14H2,1-3H3. The Kier molecular flexibility index (Phi) is 4.30. The number of aromatic nitrogens is 1. The second-order valence-corrected chi connectivity index (χ2v) is 6.66. The molecule has 0 N–H and O–H groups in total. The maximum absolute atomic E-state index is 12.2. The molecule has 0 aliphatic heterocycles. The fraction of sp³-hybridized carbons (Fsp3) is 0.250. The molecule has 1 heterocycles. The maximum atomic E-state index is 12.2. The molecule has 124 valence electrons. The van der Waals surface area contributed by atoms with Crippen molar-refractivity contribution in [3.63, 3.8) is 0 Å². The van der Waals surface area contributed by atoms with E-state index in [1.165, 1.54) is 4.57 Å². The fourth-order valence-electron chi connectivity index (χ4n) is 2.42. The summed E-state index contributed by atoms with van der Waals surface area (Å²) in [5, 5.41) is 0.937. The van der Waals surface area contributed by atoms with Crippen molar-refractivity contribution in [2.45, 2.75) is 33.0 Å². The Bertz CT molecular complexity index is 844. The van der Waals surface area contributed by atoms with Gasteiger partial charge in [0.15, 0.2) is 0 Å². The van der Waals surface area contributed by atoms with Gasteiger partial charge in [-0.05, 0) is 50.6 Å². The molecule has 0 aliphatic rings. The Hall–Kier alpha value is -2.75. The van der Waals surface area contributed by atoms with Crippen LogP contribution in [0.5, 0.6) is 5.75 Å². The number of rotatable bonds is 3. The van der Waals surface area contributed by atoms with Crippen LogP contribution < -0.4 is 4.74 Å². The molecule has 0 saturated heterocycles. The summed E-state index contributed by atoms with van der Waals surface area (Å²) in [5.74, 6) is 0.772. The SMILES string of the molecule is CC(C)(C)OC(=O)n1ccc2cc(OCc3ccccc3)ccc21. The van der Waals surface area contributed by atoms with Crippen LogP contribution in [0.1, 0.15) is 26.3 Å². The van der Waals surface area contributed by atoms with Crippen LogP contribution in [0.25, 0.3) is 10.9 Å². The van der Waals surface area contributed by atoms with E-state index in [0.29, 0.717) is 6.61 Å². The van der Waals surface area contributed by atoms with Crippen molar-refractivity contribution in [3.8, 4) is 5.75 Å². The second kappa shape index (κ2) is 6.40. The third-order valence-electron chi connectivity index (χ3n) is 3.50. The number of fused-ring (bicyclic) bond motifs is 1. The van der Waals surface area contributed by atoms with Gasteiger partial charge in [-0.2, -0.15) is 0 Å². The average molecular weight is 323 g/mol. The molecule has 0 fully saturated rings. The molecule has 0 atom stereocenters. The predicted octanol–water partition coefficient (Wildman–Crippen LogP) is 5.00. The van der Waals surface area contributed by atoms with Gasteiger partial charge in [-0.1, -0.05) is 30.3 Å². The van der Waals surface area contributed by atoms with Gasteiger partial charge in [-0.15, -0.1) is 0 Å². The number of nitrogens with zero attached hydrogens (tertiary/aromatic N) is 1. The number of benzene rings is 2. The molecule has 24 heavy (non-hydrogen) atoms. The predicted molar refractivity (Wildman–Crippen MR) is 94.3 cm³/mol. The maximum Gasteiger partial charge on any atom is 0.418 e. The van der Waals surface area contributed by atoms with Crippen molar-refractivity contribution < 1.29 is 14.3 Å². The van der Waals surface area contributed by atoms with Gasteiger partial charge in [0.05, 0.1) is 5.52 Å². The fourth-order valence-corrected chi connectivity index (χ4v) is 2.42. The number of ether oxygens (including phenoxy) is 2. The van der Waals surface area contributed by atoms with Gasteiger partial charge >= 0.3 is 6.09 Å². The normalized spacial score (nSPS) is 11.5. The zero-order valence-electron chi connectivity index (χ0n) is 14.2. The largest absolute Gasteiger partial charge is 0.489 e. The first kappa shape index (κ1) is 16.1. The lowest BCUT2D eigenvalue weighted by molar-refractivity contribution is 0.0544. The quantitative estimate of drug-likeness (QED) is 0.681. The molecule has 0 aliphatic carbocycles. The van der Waals surface area contributed by atoms with Gasteiger partial charge in [0.1, 0.15) is 18.0 Å². The molecule has 0 amide bonds. The van der Waals surface area contributed by atoms with Crippen molar-refractivity contribution in [1.29, 1.82) is 0 Å². The Morgan fingerprint density at radius 2 is 1.79 bits per heavy atom. The first-order valence-electron chi connectivity index (χ1n) is 7.93. The van der Waals surface area contributed by atoms with E-state index in [9.17, 15) is 4.79 Å². The summed E-state index contributed by atoms with van der Waals surface area (Å²) in [6, 6.07) is 17.6. The Morgan fingerprint density at radius 3 is 2.50 bits per heavy atom. The van der Waals surface area contributed by atoms with Gasteiger partial charge in [-0.25, -0.2) is 4.79 Å². The molecule has 0 bridgehead atoms. The summed E-state index contributed by atoms with van der Waals surface area (Å²) in [6.45, 7) is 6.07. The number of hydrogen-bond donors (Lipinski definition) is 0. The Labute approximate surface area is 141 Å². The van der Waals surface area contributed by atoms with Crippen molar-refractivity contribution in [3.05, 3.63) is 66.4 Å². The van der Waals surface area contributed by atoms with Gasteiger partial charge in [0.25, 0.3) is 0 Å². The summed E-state index contributed by atoms with van der Waals surface area (Å²) in [7, 11) is 0. The first-order valence-corrected chi connectivity index (χ1v) is 7.93. The van der Waals surface area contributed by atoms with Crippen molar-refractivity contribution in [2.75, 3.05) is 0 Å². The van der Waals surface area contributed by atoms with Crippen LogP contribution in [-0.4, -0.2) is 16.3 Å². The van der Waals surface area contributed by atoms with E-state index in [-0.39, 0.29) is 6.09 Å². The number of carbonyl (C=O) groups is 1. The van der Waals surface area contributed by atoms with Gasteiger partial charge < -0.3 is 9.47 Å². The average Bonchev–Trinajstić information content (AvgIpc) is 2.95. The van der Waals surface area contributed by atoms with Crippen LogP contribution in [-0.2, 0) is 11.3 Å². The minimum Gasteiger partial charge on any atom is -0.489 e. The van der Waals surface area contributed by atoms with Crippen LogP contribution in [0.4, 0.5) is 4.79 Å². The Balaban J connectivity index is 1.77. The molecule has 0 radical (unpaired) electrons. The third kappa shape index (κ3) is 3.77. The molecule has 3 aromatic rings. The van der Waals surface area contributed by atoms with Gasteiger partial charge in [0, 0.05) is 11.6 Å². The van der Waals surface area contributed by atoms with Crippen LogP contribution in [0.15, 0.2) is 60.8 Å². The monoisotopic (exact) mass is 323 g/mol. The van der Waals surface area contributed by atoms with Crippen molar-refractivity contribution in [1.82, 2.24) is 4.57 Å². The summed E-state index contributed by atoms with van der Waals surface area (Å²) in [4.78, 5) is 12.2. The van der Waals surface area contributed by atoms with Crippen LogP contribution >= 0.6 is 0 Å². The highest BCUT2D eigenvalue weighted by molar-refractivity contribution is 5.90. The molecule has 0 unspecified atom stereocenters. The zero-order chi connectivity index (χ0) is 17.2. The molecule has 0 spiro atoms. The third-order valence-corrected chi connectivity index (χ3v) is 3.50. The minimum absolute atomic E-state index is 0.379. The highest BCUT2D eigenvalue weighted by Crippen LogP contribution is 2.23. The highest BCUT2D eigenvalue weighted by atomic mass is 16.6. The summed E-state index contributed by atoms with van der Waals surface area (Å²) >= 11 is 0. The highest BCUT2D eigenvalue weighted by Gasteiger charge is 2.19. The molecule has 4 nitrogen and oxygen atoms in total. The van der Waals surface area contributed by atoms with Crippen molar-refractivity contribution >= 4 is 17.0 Å². The molecule has 1 aromatic heterocycles. The van der Waals surface area contributed by atoms with E-state index in [1.54, 1.807) is 6.20 Å². The molecule has 0 saturated carbocycles. The molecule has 3 rings (SSSR count). The molecular weight excluding hydrogens is 302 g/mol. The van der Waals surface area contributed by atoms with Crippen LogP contribution in [0.2, 0.25) is 0 Å². The Morgan fingerprint density at radius 1 is 1.04 bits per heavy atom. The topological polar surface area (TPSA) is 40.5 Å². The summed E-state index contributed by atoms with van der Waals surface area (Å²) in [5.41, 5.74) is 1.40. The number of hydrogen-bond acceptors (Lipinski definition) is 3. The van der Waals surface area contributed by atoms with Crippen molar-refractivity contribution in [2.24, 2.45) is 0 Å². The lowest BCUT2D eigenvalue weighted by Crippen LogP contribution is -2.26. The van der Waals surface area contributed by atoms with E-state index in [0.717, 1.165) is 22.2 Å². The van der Waals surface area contributed by atoms with E-state index >= 15 is 0 Å². The number of carbonyl (C=O) groups excluding carboxylic acids is 1. The second-order valence-electron chi connectivity index (χ2n) is 6.66. The lowest BCUT2D eigenvalue weighted by atomic mass is 10.2. The minimum atomic E-state index is -0.521. The molecular formula is C20H21NO3. The van der Waals surface area contributed by atoms with E-state index in [4.69, 9.17) is 9.47 Å². The van der Waals surface area contributed by atoms with E-state index in [2.05, 4.69) is 0 Å². The summed E-state index contributed by atoms with van der Waals surface area (Å²) < 4.78 is 12.8. The van der Waals surface area contributed by atoms with E-state index < -0.39 is 5.60 Å². The van der Waals surface area contributed by atoms with Gasteiger partial charge in [-0.3, -0.25) is 4.57 Å². The summed E-state index contributed by atoms with van der Waals surface area (Å²) in [6.07, 6.45) is 1.34. The van der Waals surface area contributed by atoms with Crippen LogP contribution in [0, 0.1) is 0 Å². The molecule has 4 heteroatoms. The van der Waals surface area contributed by atoms with Crippen LogP contribution in [0.3, 0.4) is 0 Å².